The van der Waals surface area contributed by atoms with E-state index in [0.717, 1.165) is 0 Å². The van der Waals surface area contributed by atoms with Crippen LogP contribution in [0.1, 0.15) is 27.2 Å². The van der Waals surface area contributed by atoms with Crippen LogP contribution >= 0.6 is 0 Å². The van der Waals surface area contributed by atoms with Gasteiger partial charge in [-0.25, -0.2) is 13.1 Å². The van der Waals surface area contributed by atoms with E-state index >= 15 is 0 Å². The second-order valence-corrected chi connectivity index (χ2v) is 7.61. The molecule has 1 rings (SSSR count). The normalized spacial score (nSPS) is 14.3. The fraction of sp³-hybridized carbons (Fsp3) is 0.538. The Morgan fingerprint density at radius 1 is 1.37 bits per heavy atom. The molecule has 1 aromatic carbocycles. The summed E-state index contributed by atoms with van der Waals surface area (Å²) in [4.78, 5) is 0.107. The summed E-state index contributed by atoms with van der Waals surface area (Å²) in [6.07, 6.45) is -0.192. The van der Waals surface area contributed by atoms with Crippen LogP contribution in [0.5, 0.6) is 0 Å². The molecule has 0 aliphatic heterocycles. The number of hydrogen-bond donors (Lipinski definition) is 3. The number of benzene rings is 1. The minimum atomic E-state index is -3.62. The summed E-state index contributed by atoms with van der Waals surface area (Å²) in [6.45, 7) is 5.96. The highest BCUT2D eigenvalue weighted by Gasteiger charge is 2.20. The van der Waals surface area contributed by atoms with Crippen LogP contribution in [0.3, 0.4) is 0 Å². The Kier molecular flexibility index (Phi) is 4.95. The molecule has 1 atom stereocenters. The van der Waals surface area contributed by atoms with Gasteiger partial charge >= 0.3 is 0 Å². The van der Waals surface area contributed by atoms with Crippen molar-refractivity contribution in [2.75, 3.05) is 12.3 Å². The molecule has 4 N–H and O–H groups in total. The van der Waals surface area contributed by atoms with E-state index in [4.69, 9.17) is 5.73 Å². The maximum atomic E-state index is 12.0. The minimum Gasteiger partial charge on any atom is -0.399 e. The fourth-order valence-electron chi connectivity index (χ4n) is 1.75. The van der Waals surface area contributed by atoms with Crippen molar-refractivity contribution in [3.63, 3.8) is 0 Å². The number of sulfonamides is 1. The lowest BCUT2D eigenvalue weighted by molar-refractivity contribution is 0.125. The zero-order valence-electron chi connectivity index (χ0n) is 11.6. The van der Waals surface area contributed by atoms with E-state index in [2.05, 4.69) is 4.72 Å². The fourth-order valence-corrected chi connectivity index (χ4v) is 2.88. The van der Waals surface area contributed by atoms with E-state index in [0.29, 0.717) is 12.1 Å². The van der Waals surface area contributed by atoms with Crippen molar-refractivity contribution in [2.45, 2.75) is 38.2 Å². The summed E-state index contributed by atoms with van der Waals surface area (Å²) in [5.41, 5.74) is 5.89. The first-order valence-corrected chi connectivity index (χ1v) is 7.62. The summed E-state index contributed by atoms with van der Waals surface area (Å²) >= 11 is 0. The Balaban J connectivity index is 2.66. The molecule has 0 fully saturated rings. The molecule has 0 amide bonds. The third kappa shape index (κ3) is 5.59. The molecule has 6 heteroatoms. The molecule has 1 unspecified atom stereocenters. The monoisotopic (exact) mass is 286 g/mol. The van der Waals surface area contributed by atoms with Crippen LogP contribution in [0.2, 0.25) is 0 Å². The van der Waals surface area contributed by atoms with Crippen LogP contribution in [-0.4, -0.2) is 26.2 Å². The number of nitrogen functional groups attached to an aromatic ring is 1. The minimum absolute atomic E-state index is 0.00555. The Morgan fingerprint density at radius 3 is 2.53 bits per heavy atom. The number of rotatable bonds is 5. The van der Waals surface area contributed by atoms with Crippen LogP contribution in [0, 0.1) is 5.41 Å². The molecule has 0 aromatic heterocycles. The molecule has 0 heterocycles. The Labute approximate surface area is 114 Å². The number of anilines is 1. The number of aliphatic hydroxyl groups excluding tert-OH is 1. The lowest BCUT2D eigenvalue weighted by Gasteiger charge is -2.22. The Bertz CT molecular complexity index is 521. The third-order valence-corrected chi connectivity index (χ3v) is 3.95. The molecule has 19 heavy (non-hydrogen) atoms. The molecular weight excluding hydrogens is 264 g/mol. The van der Waals surface area contributed by atoms with E-state index in [-0.39, 0.29) is 16.9 Å². The van der Waals surface area contributed by atoms with Crippen molar-refractivity contribution >= 4 is 15.7 Å². The molecule has 0 saturated carbocycles. The maximum absolute atomic E-state index is 12.0. The van der Waals surface area contributed by atoms with Gasteiger partial charge in [-0.2, -0.15) is 0 Å². The van der Waals surface area contributed by atoms with E-state index in [1.807, 2.05) is 20.8 Å². The van der Waals surface area contributed by atoms with Crippen LogP contribution < -0.4 is 10.5 Å². The van der Waals surface area contributed by atoms with Gasteiger partial charge < -0.3 is 10.8 Å². The van der Waals surface area contributed by atoms with Gasteiger partial charge in [0.1, 0.15) is 0 Å². The highest BCUT2D eigenvalue weighted by molar-refractivity contribution is 7.89. The van der Waals surface area contributed by atoms with Gasteiger partial charge in [0.15, 0.2) is 0 Å². The largest absolute Gasteiger partial charge is 0.399 e. The van der Waals surface area contributed by atoms with Crippen molar-refractivity contribution in [1.82, 2.24) is 4.72 Å². The second kappa shape index (κ2) is 5.90. The van der Waals surface area contributed by atoms with Crippen LogP contribution in [0.4, 0.5) is 5.69 Å². The van der Waals surface area contributed by atoms with Crippen LogP contribution in [0.25, 0.3) is 0 Å². The molecule has 1 aromatic rings. The van der Waals surface area contributed by atoms with Crippen molar-refractivity contribution in [2.24, 2.45) is 5.41 Å². The van der Waals surface area contributed by atoms with Crippen molar-refractivity contribution < 1.29 is 13.5 Å². The Hall–Kier alpha value is -1.11. The zero-order chi connectivity index (χ0) is 14.7. The molecule has 5 nitrogen and oxygen atoms in total. The molecule has 0 aliphatic rings. The van der Waals surface area contributed by atoms with Gasteiger partial charge in [-0.1, -0.05) is 26.8 Å². The van der Waals surface area contributed by atoms with Gasteiger partial charge in [0, 0.05) is 12.2 Å². The second-order valence-electron chi connectivity index (χ2n) is 5.84. The van der Waals surface area contributed by atoms with Crippen LogP contribution in [-0.2, 0) is 10.0 Å². The predicted molar refractivity (Wildman–Crippen MR) is 76.1 cm³/mol. The highest BCUT2D eigenvalue weighted by atomic mass is 32.2. The maximum Gasteiger partial charge on any atom is 0.240 e. The molecule has 0 aliphatic carbocycles. The third-order valence-electron chi connectivity index (χ3n) is 2.53. The number of aliphatic hydroxyl groups is 1. The predicted octanol–water partition coefficient (Wildman–Crippen LogP) is 1.34. The average molecular weight is 286 g/mol. The smallest absolute Gasteiger partial charge is 0.240 e. The Morgan fingerprint density at radius 2 is 2.00 bits per heavy atom. The highest BCUT2D eigenvalue weighted by Crippen LogP contribution is 2.20. The lowest BCUT2D eigenvalue weighted by atomic mass is 9.89. The van der Waals surface area contributed by atoms with E-state index in [1.54, 1.807) is 12.1 Å². The quantitative estimate of drug-likeness (QED) is 0.712. The van der Waals surface area contributed by atoms with Crippen molar-refractivity contribution in [3.05, 3.63) is 24.3 Å². The standard InChI is InChI=1S/C13H22N2O3S/c1-13(2,3)8-11(16)9-15-19(17,18)12-6-4-5-10(14)7-12/h4-7,11,15-16H,8-9,14H2,1-3H3. The summed E-state index contributed by atoms with van der Waals surface area (Å²) in [7, 11) is -3.62. The zero-order valence-corrected chi connectivity index (χ0v) is 12.4. The number of nitrogens with two attached hydrogens (primary N) is 1. The number of nitrogens with one attached hydrogen (secondary N) is 1. The molecule has 108 valence electrons. The summed E-state index contributed by atoms with van der Waals surface area (Å²) in [5.74, 6) is 0. The van der Waals surface area contributed by atoms with E-state index in [9.17, 15) is 13.5 Å². The van der Waals surface area contributed by atoms with Crippen molar-refractivity contribution in [1.29, 1.82) is 0 Å². The lowest BCUT2D eigenvalue weighted by Crippen LogP contribution is -2.34. The molecule has 0 bridgehead atoms. The van der Waals surface area contributed by atoms with Gasteiger partial charge in [0.05, 0.1) is 11.0 Å². The molecule has 0 spiro atoms. The first-order valence-electron chi connectivity index (χ1n) is 6.13. The van der Waals surface area contributed by atoms with Gasteiger partial charge in [0.25, 0.3) is 0 Å². The van der Waals surface area contributed by atoms with Gasteiger partial charge in [-0.05, 0) is 30.0 Å². The van der Waals surface area contributed by atoms with Gasteiger partial charge in [-0.3, -0.25) is 0 Å². The molecular formula is C13H22N2O3S. The van der Waals surface area contributed by atoms with Crippen molar-refractivity contribution in [3.8, 4) is 0 Å². The summed E-state index contributed by atoms with van der Waals surface area (Å²) in [6, 6.07) is 6.05. The topological polar surface area (TPSA) is 92.4 Å². The van der Waals surface area contributed by atoms with E-state index in [1.165, 1.54) is 12.1 Å². The first kappa shape index (κ1) is 15.9. The SMILES string of the molecule is CC(C)(C)CC(O)CNS(=O)(=O)c1cccc(N)c1. The average Bonchev–Trinajstić information content (AvgIpc) is 2.24. The first-order chi connectivity index (χ1) is 8.60. The summed E-state index contributed by atoms with van der Waals surface area (Å²) in [5, 5.41) is 9.80. The molecule has 0 saturated heterocycles. The number of hydrogen-bond acceptors (Lipinski definition) is 4. The van der Waals surface area contributed by atoms with Gasteiger partial charge in [0.2, 0.25) is 10.0 Å². The molecule has 0 radical (unpaired) electrons. The van der Waals surface area contributed by atoms with Crippen LogP contribution in [0.15, 0.2) is 29.2 Å². The summed E-state index contributed by atoms with van der Waals surface area (Å²) < 4.78 is 26.3. The van der Waals surface area contributed by atoms with Gasteiger partial charge in [-0.15, -0.1) is 0 Å². The van der Waals surface area contributed by atoms with E-state index < -0.39 is 16.1 Å².